The number of imide groups is 1. The predicted octanol–water partition coefficient (Wildman–Crippen LogP) is 0.753. The normalized spacial score (nSPS) is 19.3. The van der Waals surface area contributed by atoms with Gasteiger partial charge in [0.05, 0.1) is 0 Å². The number of hydrogen-bond acceptors (Lipinski definition) is 6. The van der Waals surface area contributed by atoms with Gasteiger partial charge in [0, 0.05) is 13.0 Å². The molecule has 3 rings (SSSR count). The van der Waals surface area contributed by atoms with E-state index in [1.54, 1.807) is 7.05 Å². The van der Waals surface area contributed by atoms with Crippen LogP contribution in [0.4, 0.5) is 10.7 Å². The summed E-state index contributed by atoms with van der Waals surface area (Å²) in [5.41, 5.74) is -0.912. The highest BCUT2D eigenvalue weighted by atomic mass is 35.5. The average molecular weight is 414 g/mol. The molecule has 10 nitrogen and oxygen atoms in total. The van der Waals surface area contributed by atoms with Gasteiger partial charge in [-0.3, -0.25) is 19.8 Å². The van der Waals surface area contributed by atoms with Crippen LogP contribution in [0.5, 0.6) is 0 Å². The summed E-state index contributed by atoms with van der Waals surface area (Å²) in [4.78, 5) is 42.6. The Labute approximate surface area is 170 Å². The highest BCUT2D eigenvalue weighted by Crippen LogP contribution is 2.25. The highest BCUT2D eigenvalue weighted by molar-refractivity contribution is 6.09. The van der Waals surface area contributed by atoms with E-state index in [4.69, 9.17) is 0 Å². The van der Waals surface area contributed by atoms with E-state index >= 15 is 0 Å². The lowest BCUT2D eigenvalue weighted by atomic mass is 9.93. The predicted molar refractivity (Wildman–Crippen MR) is 105 cm³/mol. The zero-order valence-electron chi connectivity index (χ0n) is 16.4. The van der Waals surface area contributed by atoms with Crippen molar-refractivity contribution < 1.29 is 14.4 Å². The first-order valence-electron chi connectivity index (χ1n) is 9.45. The van der Waals surface area contributed by atoms with Gasteiger partial charge in [0.2, 0.25) is 11.9 Å². The Balaban J connectivity index is 0.00000280. The van der Waals surface area contributed by atoms with Crippen LogP contribution in [0, 0.1) is 0 Å². The van der Waals surface area contributed by atoms with Crippen molar-refractivity contribution in [1.29, 1.82) is 0 Å². The minimum absolute atomic E-state index is 0. The molecule has 11 heteroatoms. The van der Waals surface area contributed by atoms with Gasteiger partial charge in [0.25, 0.3) is 5.91 Å². The number of aromatic nitrogens is 3. The Morgan fingerprint density at radius 3 is 2.46 bits per heavy atom. The van der Waals surface area contributed by atoms with Crippen molar-refractivity contribution in [2.45, 2.75) is 51.0 Å². The second-order valence-corrected chi connectivity index (χ2v) is 7.10. The van der Waals surface area contributed by atoms with Crippen molar-refractivity contribution in [3.05, 3.63) is 5.82 Å². The third kappa shape index (κ3) is 4.12. The summed E-state index contributed by atoms with van der Waals surface area (Å²) in [6, 6.07) is -0.535. The molecule has 0 bridgehead atoms. The molecule has 2 saturated heterocycles. The maximum Gasteiger partial charge on any atom is 0.325 e. The first-order chi connectivity index (χ1) is 12.9. The second-order valence-electron chi connectivity index (χ2n) is 7.10. The first kappa shape index (κ1) is 22.1. The molecule has 156 valence electrons. The molecule has 2 aliphatic rings. The number of nitrogens with one attached hydrogen (secondary N) is 3. The van der Waals surface area contributed by atoms with Crippen LogP contribution in [0.1, 0.15) is 51.3 Å². The monoisotopic (exact) mass is 413 g/mol. The van der Waals surface area contributed by atoms with E-state index in [1.807, 2.05) is 13.8 Å². The van der Waals surface area contributed by atoms with Crippen LogP contribution in [0.2, 0.25) is 0 Å². The van der Waals surface area contributed by atoms with E-state index in [0.717, 1.165) is 30.8 Å². The number of piperidine rings is 1. The highest BCUT2D eigenvalue weighted by Gasteiger charge is 2.49. The molecule has 0 aromatic carbocycles. The quantitative estimate of drug-likeness (QED) is 0.592. The topological polar surface area (TPSA) is 121 Å². The summed E-state index contributed by atoms with van der Waals surface area (Å²) in [6.07, 6.45) is 2.87. The molecule has 0 saturated carbocycles. The van der Waals surface area contributed by atoms with E-state index < -0.39 is 17.5 Å². The Morgan fingerprint density at radius 2 is 1.89 bits per heavy atom. The van der Waals surface area contributed by atoms with Crippen molar-refractivity contribution in [2.75, 3.05) is 25.0 Å². The van der Waals surface area contributed by atoms with E-state index in [0.29, 0.717) is 24.6 Å². The Hall–Kier alpha value is -2.20. The molecule has 0 aliphatic carbocycles. The van der Waals surface area contributed by atoms with Crippen LogP contribution in [0.3, 0.4) is 0 Å². The zero-order valence-corrected chi connectivity index (χ0v) is 17.3. The lowest BCUT2D eigenvalue weighted by molar-refractivity contribution is -0.134. The van der Waals surface area contributed by atoms with Crippen molar-refractivity contribution >= 4 is 36.2 Å². The van der Waals surface area contributed by atoms with E-state index in [-0.39, 0.29) is 30.8 Å². The summed E-state index contributed by atoms with van der Waals surface area (Å²) in [7, 11) is 1.71. The minimum atomic E-state index is -0.912. The number of urea groups is 1. The van der Waals surface area contributed by atoms with Crippen LogP contribution < -0.4 is 16.0 Å². The number of hydrogen-bond donors (Lipinski definition) is 3. The fraction of sp³-hybridized carbons (Fsp3) is 0.706. The number of aryl methyl sites for hydroxylation is 1. The standard InChI is InChI=1S/C17H27N7O3.ClH/c1-4-17(5-2)14(26)24(16(27)21-17)10-12(25)19-15-20-13(22-23(15)3)11-6-8-18-9-7-11;/h11,18H,4-10H2,1-3H3,(H,21,27)(H,19,20,22,25);1H. The molecule has 3 heterocycles. The number of nitrogens with zero attached hydrogens (tertiary/aromatic N) is 4. The SMILES string of the molecule is CCC1(CC)NC(=O)N(CC(=O)Nc2nc(C3CCNCC3)nn2C)C1=O.Cl. The molecule has 4 amide bonds. The summed E-state index contributed by atoms with van der Waals surface area (Å²) in [6.45, 7) is 5.18. The number of amides is 4. The molecular weight excluding hydrogens is 386 g/mol. The molecule has 28 heavy (non-hydrogen) atoms. The van der Waals surface area contributed by atoms with E-state index in [2.05, 4.69) is 26.0 Å². The third-order valence-electron chi connectivity index (χ3n) is 5.49. The molecule has 2 aliphatic heterocycles. The molecule has 0 atom stereocenters. The zero-order chi connectivity index (χ0) is 19.6. The molecule has 2 fully saturated rings. The fourth-order valence-corrected chi connectivity index (χ4v) is 3.62. The molecule has 0 spiro atoms. The maximum absolute atomic E-state index is 12.6. The largest absolute Gasteiger partial charge is 0.325 e. The Morgan fingerprint density at radius 1 is 1.25 bits per heavy atom. The number of halogens is 1. The second kappa shape index (κ2) is 8.87. The first-order valence-corrected chi connectivity index (χ1v) is 9.45. The number of carbonyl (C=O) groups excluding carboxylic acids is 3. The molecule has 0 radical (unpaired) electrons. The summed E-state index contributed by atoms with van der Waals surface area (Å²) >= 11 is 0. The summed E-state index contributed by atoms with van der Waals surface area (Å²) in [5.74, 6) is 0.455. The van der Waals surface area contributed by atoms with Gasteiger partial charge in [0.15, 0.2) is 5.82 Å². The van der Waals surface area contributed by atoms with Crippen LogP contribution >= 0.6 is 12.4 Å². The number of rotatable bonds is 6. The van der Waals surface area contributed by atoms with Gasteiger partial charge >= 0.3 is 6.03 Å². The van der Waals surface area contributed by atoms with Crippen molar-refractivity contribution in [3.63, 3.8) is 0 Å². The summed E-state index contributed by atoms with van der Waals surface area (Å²) < 4.78 is 1.52. The molecule has 1 aromatic rings. The minimum Gasteiger partial charge on any atom is -0.323 e. The summed E-state index contributed by atoms with van der Waals surface area (Å²) in [5, 5.41) is 13.1. The lowest BCUT2D eigenvalue weighted by Gasteiger charge is -2.22. The van der Waals surface area contributed by atoms with Crippen LogP contribution in [0.15, 0.2) is 0 Å². The van der Waals surface area contributed by atoms with E-state index in [9.17, 15) is 14.4 Å². The van der Waals surface area contributed by atoms with Gasteiger partial charge in [-0.2, -0.15) is 10.1 Å². The fourth-order valence-electron chi connectivity index (χ4n) is 3.62. The van der Waals surface area contributed by atoms with Gasteiger partial charge in [0.1, 0.15) is 12.1 Å². The van der Waals surface area contributed by atoms with Gasteiger partial charge in [-0.25, -0.2) is 9.48 Å². The molecule has 1 aromatic heterocycles. The molecule has 0 unspecified atom stereocenters. The van der Waals surface area contributed by atoms with Gasteiger partial charge in [-0.15, -0.1) is 12.4 Å². The van der Waals surface area contributed by atoms with Crippen LogP contribution in [0.25, 0.3) is 0 Å². The van der Waals surface area contributed by atoms with Gasteiger partial charge < -0.3 is 10.6 Å². The maximum atomic E-state index is 12.6. The van der Waals surface area contributed by atoms with Gasteiger partial charge in [-0.05, 0) is 38.8 Å². The average Bonchev–Trinajstić information content (AvgIpc) is 3.15. The molecular formula is C17H28ClN7O3. The van der Waals surface area contributed by atoms with Crippen LogP contribution in [-0.2, 0) is 16.6 Å². The lowest BCUT2D eigenvalue weighted by Crippen LogP contribution is -2.46. The van der Waals surface area contributed by atoms with Crippen molar-refractivity contribution in [3.8, 4) is 0 Å². The Bertz CT molecular complexity index is 741. The smallest absolute Gasteiger partial charge is 0.323 e. The van der Waals surface area contributed by atoms with Crippen molar-refractivity contribution in [2.24, 2.45) is 7.05 Å². The molecule has 3 N–H and O–H groups in total. The number of carbonyl (C=O) groups is 3. The van der Waals surface area contributed by atoms with Gasteiger partial charge in [-0.1, -0.05) is 13.8 Å². The Kier molecular flexibility index (Phi) is 7.00. The third-order valence-corrected chi connectivity index (χ3v) is 5.49. The van der Waals surface area contributed by atoms with Crippen LogP contribution in [-0.4, -0.2) is 62.7 Å². The van der Waals surface area contributed by atoms with Crippen molar-refractivity contribution in [1.82, 2.24) is 30.3 Å². The number of anilines is 1. The van der Waals surface area contributed by atoms with E-state index in [1.165, 1.54) is 4.68 Å².